The van der Waals surface area contributed by atoms with Crippen LogP contribution in [0.2, 0.25) is 0 Å². The molecule has 2 aliphatic rings. The monoisotopic (exact) mass is 443 g/mol. The van der Waals surface area contributed by atoms with Crippen LogP contribution in [-0.4, -0.2) is 68.8 Å². The molecule has 4 rings (SSSR count). The number of likely N-dealkylation sites (tertiary alicyclic amines) is 1. The number of hydrogen-bond donors (Lipinski definition) is 1. The second-order valence-corrected chi connectivity index (χ2v) is 9.68. The van der Waals surface area contributed by atoms with Crippen LogP contribution in [0.4, 0.5) is 0 Å². The summed E-state index contributed by atoms with van der Waals surface area (Å²) in [6, 6.07) is 15.5. The molecule has 164 valence electrons. The third kappa shape index (κ3) is 4.88. The highest BCUT2D eigenvalue weighted by atomic mass is 32.2. The van der Waals surface area contributed by atoms with Gasteiger partial charge in [0, 0.05) is 37.7 Å². The van der Waals surface area contributed by atoms with Gasteiger partial charge < -0.3 is 15.0 Å². The molecule has 1 N–H and O–H groups in total. The molecule has 0 spiro atoms. The number of rotatable bonds is 6. The van der Waals surface area contributed by atoms with Crippen LogP contribution in [0.15, 0.2) is 59.5 Å². The number of amides is 2. The first-order valence-electron chi connectivity index (χ1n) is 10.3. The van der Waals surface area contributed by atoms with Gasteiger partial charge in [0.2, 0.25) is 15.9 Å². The number of hydrogen-bond acceptors (Lipinski definition) is 5. The van der Waals surface area contributed by atoms with Crippen LogP contribution in [0.1, 0.15) is 16.8 Å². The number of para-hydroxylation sites is 1. The minimum atomic E-state index is -3.77. The SMILES string of the molecule is O=C1CN(S(=O)(=O)c2ccc(C(=O)N3CCC(COc4ccccc4)C3)cc2)CCN1. The van der Waals surface area contributed by atoms with Gasteiger partial charge >= 0.3 is 0 Å². The lowest BCUT2D eigenvalue weighted by molar-refractivity contribution is -0.122. The fourth-order valence-electron chi connectivity index (χ4n) is 3.81. The van der Waals surface area contributed by atoms with Crippen LogP contribution < -0.4 is 10.1 Å². The number of sulfonamides is 1. The van der Waals surface area contributed by atoms with Crippen LogP contribution in [0.25, 0.3) is 0 Å². The van der Waals surface area contributed by atoms with E-state index < -0.39 is 10.0 Å². The van der Waals surface area contributed by atoms with Gasteiger partial charge in [0.1, 0.15) is 5.75 Å². The summed E-state index contributed by atoms with van der Waals surface area (Å²) in [5.41, 5.74) is 0.444. The van der Waals surface area contributed by atoms with Crippen molar-refractivity contribution in [2.45, 2.75) is 11.3 Å². The highest BCUT2D eigenvalue weighted by Gasteiger charge is 2.30. The van der Waals surface area contributed by atoms with Gasteiger partial charge in [-0.25, -0.2) is 8.42 Å². The summed E-state index contributed by atoms with van der Waals surface area (Å²) in [5.74, 6) is 0.634. The summed E-state index contributed by atoms with van der Waals surface area (Å²) >= 11 is 0. The number of carbonyl (C=O) groups is 2. The van der Waals surface area contributed by atoms with E-state index in [2.05, 4.69) is 5.32 Å². The molecule has 2 aromatic carbocycles. The van der Waals surface area contributed by atoms with Crippen molar-refractivity contribution in [3.8, 4) is 5.75 Å². The Morgan fingerprint density at radius 1 is 1.06 bits per heavy atom. The van der Waals surface area contributed by atoms with Gasteiger partial charge in [-0.15, -0.1) is 0 Å². The minimum absolute atomic E-state index is 0.0781. The molecule has 9 heteroatoms. The molecule has 31 heavy (non-hydrogen) atoms. The molecule has 0 bridgehead atoms. The maximum Gasteiger partial charge on any atom is 0.253 e. The van der Waals surface area contributed by atoms with Crippen LogP contribution in [0, 0.1) is 5.92 Å². The molecule has 2 heterocycles. The fraction of sp³-hybridized carbons (Fsp3) is 0.364. The van der Waals surface area contributed by atoms with E-state index in [-0.39, 0.29) is 35.7 Å². The van der Waals surface area contributed by atoms with E-state index in [4.69, 9.17) is 4.74 Å². The van der Waals surface area contributed by atoms with E-state index in [1.807, 2.05) is 30.3 Å². The highest BCUT2D eigenvalue weighted by Crippen LogP contribution is 2.22. The van der Waals surface area contributed by atoms with E-state index in [0.29, 0.717) is 31.8 Å². The Hall–Kier alpha value is -2.91. The molecule has 0 aromatic heterocycles. The van der Waals surface area contributed by atoms with E-state index >= 15 is 0 Å². The summed E-state index contributed by atoms with van der Waals surface area (Å²) in [4.78, 5) is 26.2. The zero-order valence-corrected chi connectivity index (χ0v) is 17.9. The molecule has 2 aromatic rings. The van der Waals surface area contributed by atoms with Gasteiger partial charge in [-0.2, -0.15) is 4.31 Å². The maximum atomic E-state index is 12.8. The molecular weight excluding hydrogens is 418 g/mol. The zero-order chi connectivity index (χ0) is 21.8. The average Bonchev–Trinajstić information content (AvgIpc) is 3.27. The Kier molecular flexibility index (Phi) is 6.24. The van der Waals surface area contributed by atoms with Crippen molar-refractivity contribution >= 4 is 21.8 Å². The molecule has 0 aliphatic carbocycles. The fourth-order valence-corrected chi connectivity index (χ4v) is 5.20. The van der Waals surface area contributed by atoms with Crippen molar-refractivity contribution in [1.29, 1.82) is 0 Å². The minimum Gasteiger partial charge on any atom is -0.493 e. The summed E-state index contributed by atoms with van der Waals surface area (Å²) in [7, 11) is -3.77. The Balaban J connectivity index is 1.35. The lowest BCUT2D eigenvalue weighted by Crippen LogP contribution is -2.49. The predicted molar refractivity (Wildman–Crippen MR) is 114 cm³/mol. The van der Waals surface area contributed by atoms with Crippen molar-refractivity contribution in [3.63, 3.8) is 0 Å². The van der Waals surface area contributed by atoms with E-state index in [1.165, 1.54) is 24.3 Å². The number of piperazine rings is 1. The average molecular weight is 444 g/mol. The molecule has 2 aliphatic heterocycles. The second kappa shape index (κ2) is 9.07. The maximum absolute atomic E-state index is 12.8. The van der Waals surface area contributed by atoms with Gasteiger partial charge in [-0.05, 0) is 42.8 Å². The smallest absolute Gasteiger partial charge is 0.253 e. The van der Waals surface area contributed by atoms with E-state index in [1.54, 1.807) is 4.90 Å². The summed E-state index contributed by atoms with van der Waals surface area (Å²) in [6.45, 7) is 2.13. The lowest BCUT2D eigenvalue weighted by Gasteiger charge is -2.26. The van der Waals surface area contributed by atoms with Gasteiger partial charge in [0.15, 0.2) is 0 Å². The van der Waals surface area contributed by atoms with Crippen molar-refractivity contribution in [2.24, 2.45) is 5.92 Å². The van der Waals surface area contributed by atoms with E-state index in [9.17, 15) is 18.0 Å². The Labute approximate surface area is 181 Å². The number of nitrogens with one attached hydrogen (secondary N) is 1. The third-order valence-corrected chi connectivity index (χ3v) is 7.40. The van der Waals surface area contributed by atoms with E-state index in [0.717, 1.165) is 16.5 Å². The van der Waals surface area contributed by atoms with Crippen molar-refractivity contribution in [2.75, 3.05) is 39.3 Å². The van der Waals surface area contributed by atoms with Crippen LogP contribution in [-0.2, 0) is 14.8 Å². The molecule has 0 saturated carbocycles. The van der Waals surface area contributed by atoms with Gasteiger partial charge in [0.05, 0.1) is 18.0 Å². The molecule has 0 radical (unpaired) electrons. The Morgan fingerprint density at radius 3 is 2.52 bits per heavy atom. The summed E-state index contributed by atoms with van der Waals surface area (Å²) in [6.07, 6.45) is 0.863. The number of carbonyl (C=O) groups excluding carboxylic acids is 2. The first kappa shape index (κ1) is 21.3. The first-order valence-corrected chi connectivity index (χ1v) is 11.7. The van der Waals surface area contributed by atoms with Crippen LogP contribution in [0.5, 0.6) is 5.75 Å². The quantitative estimate of drug-likeness (QED) is 0.727. The standard InChI is InChI=1S/C22H25N3O5S/c26-21-15-25(13-11-23-21)31(28,29)20-8-6-18(7-9-20)22(27)24-12-10-17(14-24)16-30-19-4-2-1-3-5-19/h1-9,17H,10-16H2,(H,23,26). The number of nitrogens with zero attached hydrogens (tertiary/aromatic N) is 2. The number of benzene rings is 2. The third-order valence-electron chi connectivity index (χ3n) is 5.54. The molecular formula is C22H25N3O5S. The molecule has 2 saturated heterocycles. The highest BCUT2D eigenvalue weighted by molar-refractivity contribution is 7.89. The molecule has 1 unspecified atom stereocenters. The van der Waals surface area contributed by atoms with Gasteiger partial charge in [-0.3, -0.25) is 9.59 Å². The molecule has 8 nitrogen and oxygen atoms in total. The topological polar surface area (TPSA) is 96.0 Å². The Morgan fingerprint density at radius 2 is 1.81 bits per heavy atom. The largest absolute Gasteiger partial charge is 0.493 e. The summed E-state index contributed by atoms with van der Waals surface area (Å²) < 4.78 is 32.4. The molecule has 1 atom stereocenters. The molecule has 2 fully saturated rings. The Bertz CT molecular complexity index is 1040. The number of ether oxygens (including phenoxy) is 1. The second-order valence-electron chi connectivity index (χ2n) is 7.74. The predicted octanol–water partition coefficient (Wildman–Crippen LogP) is 1.35. The first-order chi connectivity index (χ1) is 14.9. The van der Waals surface area contributed by atoms with Gasteiger partial charge in [-0.1, -0.05) is 18.2 Å². The van der Waals surface area contributed by atoms with Crippen molar-refractivity contribution < 1.29 is 22.7 Å². The lowest BCUT2D eigenvalue weighted by atomic mass is 10.1. The van der Waals surface area contributed by atoms with Crippen molar-refractivity contribution in [1.82, 2.24) is 14.5 Å². The zero-order valence-electron chi connectivity index (χ0n) is 17.1. The summed E-state index contributed by atoms with van der Waals surface area (Å²) in [5, 5.41) is 2.61. The van der Waals surface area contributed by atoms with Gasteiger partial charge in [0.25, 0.3) is 5.91 Å². The van der Waals surface area contributed by atoms with Crippen LogP contribution >= 0.6 is 0 Å². The van der Waals surface area contributed by atoms with Crippen molar-refractivity contribution in [3.05, 3.63) is 60.2 Å². The normalized spacial score (nSPS) is 19.8. The van der Waals surface area contributed by atoms with Crippen LogP contribution in [0.3, 0.4) is 0 Å². The molecule has 2 amide bonds.